The zero-order valence-corrected chi connectivity index (χ0v) is 13.7. The fraction of sp³-hybridized carbons (Fsp3) is 0.0556. The van der Waals surface area contributed by atoms with Gasteiger partial charge < -0.3 is 10.1 Å². The topological polar surface area (TPSA) is 64.1 Å². The van der Waals surface area contributed by atoms with Gasteiger partial charge in [-0.25, -0.2) is 14.4 Å². The van der Waals surface area contributed by atoms with Crippen LogP contribution in [0.4, 0.5) is 10.1 Å². The Morgan fingerprint density at radius 2 is 1.84 bits per heavy atom. The maximum atomic E-state index is 12.8. The van der Waals surface area contributed by atoms with Crippen molar-refractivity contribution in [2.24, 2.45) is 0 Å². The monoisotopic (exact) mass is 357 g/mol. The summed E-state index contributed by atoms with van der Waals surface area (Å²) in [5.74, 6) is 0.171. The molecule has 1 heterocycles. The van der Waals surface area contributed by atoms with Gasteiger partial charge in [0.05, 0.1) is 18.1 Å². The zero-order chi connectivity index (χ0) is 17.6. The lowest BCUT2D eigenvalue weighted by atomic mass is 10.2. The van der Waals surface area contributed by atoms with E-state index in [4.69, 9.17) is 16.3 Å². The number of hydrogen-bond donors (Lipinski definition) is 1. The summed E-state index contributed by atoms with van der Waals surface area (Å²) < 4.78 is 18.1. The lowest BCUT2D eigenvalue weighted by Crippen LogP contribution is -2.20. The molecule has 0 spiro atoms. The molecule has 7 heteroatoms. The van der Waals surface area contributed by atoms with Crippen LogP contribution in [0.2, 0.25) is 5.02 Å². The molecule has 25 heavy (non-hydrogen) atoms. The fourth-order valence-electron chi connectivity index (χ4n) is 2.05. The Balaban J connectivity index is 1.57. The second kappa shape index (κ2) is 7.72. The van der Waals surface area contributed by atoms with Crippen LogP contribution in [0, 0.1) is 5.82 Å². The van der Waals surface area contributed by atoms with E-state index in [1.807, 2.05) is 12.1 Å². The predicted molar refractivity (Wildman–Crippen MR) is 93.0 cm³/mol. The van der Waals surface area contributed by atoms with Gasteiger partial charge in [-0.05, 0) is 36.4 Å². The first-order chi connectivity index (χ1) is 12.1. The molecule has 1 N–H and O–H groups in total. The number of ether oxygens (including phenoxy) is 1. The number of nitrogens with one attached hydrogen (secondary N) is 1. The molecule has 0 aliphatic rings. The van der Waals surface area contributed by atoms with Gasteiger partial charge in [0.25, 0.3) is 5.91 Å². The Hall–Kier alpha value is -2.99. The van der Waals surface area contributed by atoms with E-state index in [-0.39, 0.29) is 18.3 Å². The van der Waals surface area contributed by atoms with Crippen molar-refractivity contribution in [1.29, 1.82) is 0 Å². The molecule has 0 radical (unpaired) electrons. The van der Waals surface area contributed by atoms with Gasteiger partial charge in [-0.2, -0.15) is 0 Å². The Kier molecular flexibility index (Phi) is 5.20. The van der Waals surface area contributed by atoms with Crippen LogP contribution in [0.25, 0.3) is 11.4 Å². The lowest BCUT2D eigenvalue weighted by Gasteiger charge is -2.07. The van der Waals surface area contributed by atoms with Crippen LogP contribution in [0.3, 0.4) is 0 Å². The number of rotatable bonds is 5. The molecule has 0 fully saturated rings. The van der Waals surface area contributed by atoms with Gasteiger partial charge in [0.15, 0.2) is 12.4 Å². The third kappa shape index (κ3) is 4.74. The maximum absolute atomic E-state index is 12.8. The van der Waals surface area contributed by atoms with E-state index in [0.29, 0.717) is 22.3 Å². The van der Waals surface area contributed by atoms with Crippen molar-refractivity contribution in [1.82, 2.24) is 9.97 Å². The SMILES string of the molecule is O=C(COc1ccc(F)cc1)Nc1cnc(-c2cccc(Cl)c2)nc1. The van der Waals surface area contributed by atoms with Crippen LogP contribution >= 0.6 is 11.6 Å². The molecule has 0 aliphatic heterocycles. The molecule has 5 nitrogen and oxygen atoms in total. The van der Waals surface area contributed by atoms with Gasteiger partial charge in [-0.15, -0.1) is 0 Å². The normalized spacial score (nSPS) is 10.3. The molecule has 0 aliphatic carbocycles. The van der Waals surface area contributed by atoms with Gasteiger partial charge in [-0.1, -0.05) is 23.7 Å². The highest BCUT2D eigenvalue weighted by atomic mass is 35.5. The van der Waals surface area contributed by atoms with Crippen LogP contribution in [0.15, 0.2) is 60.9 Å². The number of aromatic nitrogens is 2. The molecule has 0 bridgehead atoms. The van der Waals surface area contributed by atoms with Gasteiger partial charge >= 0.3 is 0 Å². The van der Waals surface area contributed by atoms with Crippen molar-refractivity contribution in [2.45, 2.75) is 0 Å². The predicted octanol–water partition coefficient (Wildman–Crippen LogP) is 3.95. The maximum Gasteiger partial charge on any atom is 0.262 e. The standard InChI is InChI=1S/C18H13ClFN3O2/c19-13-3-1-2-12(8-13)18-21-9-15(10-22-18)23-17(24)11-25-16-6-4-14(20)5-7-16/h1-10H,11H2,(H,23,24). The van der Waals surface area contributed by atoms with Crippen LogP contribution in [0.5, 0.6) is 5.75 Å². The Labute approximate surface area is 148 Å². The minimum atomic E-state index is -0.372. The zero-order valence-electron chi connectivity index (χ0n) is 12.9. The summed E-state index contributed by atoms with van der Waals surface area (Å²) in [6.07, 6.45) is 3.00. The van der Waals surface area contributed by atoms with Crippen LogP contribution in [0.1, 0.15) is 0 Å². The summed E-state index contributed by atoms with van der Waals surface area (Å²) in [6.45, 7) is -0.207. The molecular weight excluding hydrogens is 345 g/mol. The molecule has 1 aromatic heterocycles. The average Bonchev–Trinajstić information content (AvgIpc) is 2.62. The summed E-state index contributed by atoms with van der Waals surface area (Å²) in [5, 5.41) is 3.22. The van der Waals surface area contributed by atoms with E-state index >= 15 is 0 Å². The second-order valence-electron chi connectivity index (χ2n) is 5.10. The smallest absolute Gasteiger partial charge is 0.262 e. The highest BCUT2D eigenvalue weighted by Gasteiger charge is 2.06. The first kappa shape index (κ1) is 16.9. The number of amides is 1. The van der Waals surface area contributed by atoms with E-state index < -0.39 is 0 Å². The molecule has 3 rings (SSSR count). The molecule has 1 amide bonds. The summed E-state index contributed by atoms with van der Waals surface area (Å²) in [6, 6.07) is 12.6. The van der Waals surface area contributed by atoms with Crippen molar-refractivity contribution in [3.8, 4) is 17.1 Å². The number of anilines is 1. The minimum absolute atomic E-state index is 0.207. The van der Waals surface area contributed by atoms with Gasteiger partial charge in [-0.3, -0.25) is 4.79 Å². The average molecular weight is 358 g/mol. The summed E-state index contributed by atoms with van der Waals surface area (Å²) >= 11 is 5.94. The minimum Gasteiger partial charge on any atom is -0.484 e. The summed E-state index contributed by atoms with van der Waals surface area (Å²) in [5.41, 5.74) is 1.23. The van der Waals surface area contributed by atoms with Crippen LogP contribution < -0.4 is 10.1 Å². The first-order valence-corrected chi connectivity index (χ1v) is 7.74. The lowest BCUT2D eigenvalue weighted by molar-refractivity contribution is -0.118. The third-order valence-corrected chi connectivity index (χ3v) is 3.44. The molecule has 3 aromatic rings. The fourth-order valence-corrected chi connectivity index (χ4v) is 2.24. The summed E-state index contributed by atoms with van der Waals surface area (Å²) in [7, 11) is 0. The van der Waals surface area contributed by atoms with Crippen molar-refractivity contribution in [2.75, 3.05) is 11.9 Å². The quantitative estimate of drug-likeness (QED) is 0.750. The van der Waals surface area contributed by atoms with Crippen LogP contribution in [-0.2, 0) is 4.79 Å². The Bertz CT molecular complexity index is 870. The number of halogens is 2. The van der Waals surface area contributed by atoms with Crippen molar-refractivity contribution >= 4 is 23.2 Å². The molecule has 0 saturated heterocycles. The number of hydrogen-bond acceptors (Lipinski definition) is 4. The van der Waals surface area contributed by atoms with E-state index in [1.165, 1.54) is 36.7 Å². The second-order valence-corrected chi connectivity index (χ2v) is 5.53. The number of carbonyl (C=O) groups is 1. The van der Waals surface area contributed by atoms with Crippen molar-refractivity contribution < 1.29 is 13.9 Å². The molecule has 0 saturated carbocycles. The van der Waals surface area contributed by atoms with Gasteiger partial charge in [0.1, 0.15) is 11.6 Å². The van der Waals surface area contributed by atoms with E-state index in [2.05, 4.69) is 15.3 Å². The highest BCUT2D eigenvalue weighted by Crippen LogP contribution is 2.19. The van der Waals surface area contributed by atoms with E-state index in [9.17, 15) is 9.18 Å². The molecule has 0 atom stereocenters. The van der Waals surface area contributed by atoms with Crippen molar-refractivity contribution in [3.63, 3.8) is 0 Å². The van der Waals surface area contributed by atoms with Gasteiger partial charge in [0.2, 0.25) is 0 Å². The molecule has 0 unspecified atom stereocenters. The molecule has 126 valence electrons. The number of nitrogens with zero attached hydrogens (tertiary/aromatic N) is 2. The largest absolute Gasteiger partial charge is 0.484 e. The number of carbonyl (C=O) groups excluding carboxylic acids is 1. The number of benzene rings is 2. The van der Waals surface area contributed by atoms with E-state index in [1.54, 1.807) is 12.1 Å². The Morgan fingerprint density at radius 3 is 2.52 bits per heavy atom. The molecular formula is C18H13ClFN3O2. The highest BCUT2D eigenvalue weighted by molar-refractivity contribution is 6.30. The van der Waals surface area contributed by atoms with Crippen LogP contribution in [-0.4, -0.2) is 22.5 Å². The molecule has 2 aromatic carbocycles. The van der Waals surface area contributed by atoms with Crippen molar-refractivity contribution in [3.05, 3.63) is 71.8 Å². The van der Waals surface area contributed by atoms with E-state index in [0.717, 1.165) is 5.56 Å². The summed E-state index contributed by atoms with van der Waals surface area (Å²) in [4.78, 5) is 20.3. The Morgan fingerprint density at radius 1 is 1.12 bits per heavy atom. The van der Waals surface area contributed by atoms with Gasteiger partial charge in [0, 0.05) is 10.6 Å². The first-order valence-electron chi connectivity index (χ1n) is 7.36. The third-order valence-electron chi connectivity index (χ3n) is 3.20.